The van der Waals surface area contributed by atoms with Gasteiger partial charge < -0.3 is 10.3 Å². The SMILES string of the molecule is Cc1ccc(S(=O)(=O)NCCc2nccn2C)cc1CN. The summed E-state index contributed by atoms with van der Waals surface area (Å²) in [5.41, 5.74) is 7.44. The van der Waals surface area contributed by atoms with E-state index in [2.05, 4.69) is 9.71 Å². The van der Waals surface area contributed by atoms with Crippen molar-refractivity contribution in [3.8, 4) is 0 Å². The van der Waals surface area contributed by atoms with E-state index in [1.165, 1.54) is 0 Å². The third kappa shape index (κ3) is 3.69. The first kappa shape index (κ1) is 15.7. The van der Waals surface area contributed by atoms with Gasteiger partial charge in [0.25, 0.3) is 0 Å². The van der Waals surface area contributed by atoms with Gasteiger partial charge in [0.2, 0.25) is 10.0 Å². The minimum Gasteiger partial charge on any atom is -0.338 e. The Kier molecular flexibility index (Phi) is 4.76. The Labute approximate surface area is 125 Å². The summed E-state index contributed by atoms with van der Waals surface area (Å²) < 4.78 is 28.9. The number of nitrogens with one attached hydrogen (secondary N) is 1. The largest absolute Gasteiger partial charge is 0.338 e. The Balaban J connectivity index is 2.06. The van der Waals surface area contributed by atoms with E-state index in [0.717, 1.165) is 17.0 Å². The van der Waals surface area contributed by atoms with Gasteiger partial charge in [0.05, 0.1) is 4.90 Å². The second-order valence-electron chi connectivity index (χ2n) is 4.89. The van der Waals surface area contributed by atoms with Crippen molar-refractivity contribution in [3.05, 3.63) is 47.5 Å². The van der Waals surface area contributed by atoms with Crippen LogP contribution in [0.3, 0.4) is 0 Å². The van der Waals surface area contributed by atoms with Crippen molar-refractivity contribution in [3.63, 3.8) is 0 Å². The quantitative estimate of drug-likeness (QED) is 0.822. The molecule has 0 bridgehead atoms. The average Bonchev–Trinajstić information content (AvgIpc) is 2.84. The summed E-state index contributed by atoms with van der Waals surface area (Å²) in [6.07, 6.45) is 4.06. The van der Waals surface area contributed by atoms with Gasteiger partial charge in [-0.25, -0.2) is 18.1 Å². The highest BCUT2D eigenvalue weighted by Crippen LogP contribution is 2.15. The number of hydrogen-bond acceptors (Lipinski definition) is 4. The molecule has 0 fully saturated rings. The predicted molar refractivity (Wildman–Crippen MR) is 81.2 cm³/mol. The van der Waals surface area contributed by atoms with E-state index in [1.54, 1.807) is 24.4 Å². The van der Waals surface area contributed by atoms with Crippen LogP contribution < -0.4 is 10.5 Å². The van der Waals surface area contributed by atoms with Crippen LogP contribution in [-0.4, -0.2) is 24.5 Å². The Bertz CT molecular complexity index is 722. The molecule has 2 rings (SSSR count). The van der Waals surface area contributed by atoms with Gasteiger partial charge in [-0.05, 0) is 30.2 Å². The highest BCUT2D eigenvalue weighted by atomic mass is 32.2. The fourth-order valence-electron chi connectivity index (χ4n) is 2.05. The standard InChI is InChI=1S/C14H20N4O2S/c1-11-3-4-13(9-12(11)10-15)21(19,20)17-6-5-14-16-7-8-18(14)2/h3-4,7-9,17H,5-6,10,15H2,1-2H3. The molecule has 0 aliphatic heterocycles. The molecule has 2 aromatic rings. The highest BCUT2D eigenvalue weighted by molar-refractivity contribution is 7.89. The van der Waals surface area contributed by atoms with Crippen molar-refractivity contribution < 1.29 is 8.42 Å². The van der Waals surface area contributed by atoms with Gasteiger partial charge in [0.1, 0.15) is 5.82 Å². The monoisotopic (exact) mass is 308 g/mol. The topological polar surface area (TPSA) is 90.0 Å². The Morgan fingerprint density at radius 1 is 1.38 bits per heavy atom. The van der Waals surface area contributed by atoms with Gasteiger partial charge in [-0.2, -0.15) is 0 Å². The third-order valence-corrected chi connectivity index (χ3v) is 4.87. The first-order chi connectivity index (χ1) is 9.94. The molecular weight excluding hydrogens is 288 g/mol. The molecule has 0 aliphatic rings. The van der Waals surface area contributed by atoms with Gasteiger partial charge in [-0.1, -0.05) is 6.07 Å². The van der Waals surface area contributed by atoms with Gasteiger partial charge >= 0.3 is 0 Å². The van der Waals surface area contributed by atoms with Crippen LogP contribution in [-0.2, 0) is 30.0 Å². The summed E-state index contributed by atoms with van der Waals surface area (Å²) in [5.74, 6) is 0.837. The maximum absolute atomic E-state index is 12.2. The lowest BCUT2D eigenvalue weighted by Crippen LogP contribution is -2.26. The zero-order valence-corrected chi connectivity index (χ0v) is 13.0. The van der Waals surface area contributed by atoms with Crippen LogP contribution in [0.15, 0.2) is 35.5 Å². The molecule has 7 heteroatoms. The van der Waals surface area contributed by atoms with Crippen LogP contribution in [0.4, 0.5) is 0 Å². The van der Waals surface area contributed by atoms with E-state index in [1.807, 2.05) is 24.7 Å². The van der Waals surface area contributed by atoms with Crippen molar-refractivity contribution in [2.45, 2.75) is 24.8 Å². The molecule has 1 heterocycles. The van der Waals surface area contributed by atoms with Gasteiger partial charge in [0.15, 0.2) is 0 Å². The van der Waals surface area contributed by atoms with E-state index >= 15 is 0 Å². The molecule has 0 atom stereocenters. The number of nitrogens with zero attached hydrogens (tertiary/aromatic N) is 2. The number of benzene rings is 1. The minimum atomic E-state index is -3.52. The molecule has 0 saturated heterocycles. The number of hydrogen-bond donors (Lipinski definition) is 2. The van der Waals surface area contributed by atoms with Crippen molar-refractivity contribution >= 4 is 10.0 Å². The summed E-state index contributed by atoms with van der Waals surface area (Å²) in [7, 11) is -1.64. The molecule has 0 amide bonds. The third-order valence-electron chi connectivity index (χ3n) is 3.41. The fraction of sp³-hybridized carbons (Fsp3) is 0.357. The molecule has 1 aromatic carbocycles. The van der Waals surface area contributed by atoms with Crippen LogP contribution in [0, 0.1) is 6.92 Å². The maximum Gasteiger partial charge on any atom is 0.240 e. The molecular formula is C14H20N4O2S. The van der Waals surface area contributed by atoms with Crippen molar-refractivity contribution in [1.82, 2.24) is 14.3 Å². The summed E-state index contributed by atoms with van der Waals surface area (Å²) in [6.45, 7) is 2.54. The van der Waals surface area contributed by atoms with E-state index < -0.39 is 10.0 Å². The van der Waals surface area contributed by atoms with Crippen LogP contribution in [0.5, 0.6) is 0 Å². The van der Waals surface area contributed by atoms with Crippen LogP contribution >= 0.6 is 0 Å². The Morgan fingerprint density at radius 3 is 2.76 bits per heavy atom. The molecule has 1 aromatic heterocycles. The van der Waals surface area contributed by atoms with Crippen LogP contribution in [0.25, 0.3) is 0 Å². The zero-order chi connectivity index (χ0) is 15.5. The molecule has 3 N–H and O–H groups in total. The average molecular weight is 308 g/mol. The van der Waals surface area contributed by atoms with E-state index in [0.29, 0.717) is 19.5 Å². The van der Waals surface area contributed by atoms with E-state index in [-0.39, 0.29) is 4.90 Å². The van der Waals surface area contributed by atoms with Gasteiger partial charge in [-0.15, -0.1) is 0 Å². The molecule has 6 nitrogen and oxygen atoms in total. The summed E-state index contributed by atoms with van der Waals surface area (Å²) in [6, 6.07) is 4.99. The molecule has 0 saturated carbocycles. The summed E-state index contributed by atoms with van der Waals surface area (Å²) in [4.78, 5) is 4.40. The smallest absolute Gasteiger partial charge is 0.240 e. The second-order valence-corrected chi connectivity index (χ2v) is 6.66. The van der Waals surface area contributed by atoms with Crippen molar-refractivity contribution in [2.75, 3.05) is 6.54 Å². The molecule has 21 heavy (non-hydrogen) atoms. The zero-order valence-electron chi connectivity index (χ0n) is 12.2. The summed E-state index contributed by atoms with van der Waals surface area (Å²) >= 11 is 0. The lowest BCUT2D eigenvalue weighted by atomic mass is 10.1. The molecule has 0 spiro atoms. The van der Waals surface area contributed by atoms with Crippen molar-refractivity contribution in [1.29, 1.82) is 0 Å². The second kappa shape index (κ2) is 6.38. The lowest BCUT2D eigenvalue weighted by Gasteiger charge is -2.09. The first-order valence-electron chi connectivity index (χ1n) is 6.69. The van der Waals surface area contributed by atoms with E-state index in [9.17, 15) is 8.42 Å². The molecule has 114 valence electrons. The predicted octanol–water partition coefficient (Wildman–Crippen LogP) is 0.708. The van der Waals surface area contributed by atoms with Crippen LogP contribution in [0.1, 0.15) is 17.0 Å². The number of aromatic nitrogens is 2. The number of nitrogens with two attached hydrogens (primary N) is 1. The number of sulfonamides is 1. The van der Waals surface area contributed by atoms with Crippen LogP contribution in [0.2, 0.25) is 0 Å². The number of imidazole rings is 1. The molecule has 0 radical (unpaired) electrons. The lowest BCUT2D eigenvalue weighted by molar-refractivity contribution is 0.580. The maximum atomic E-state index is 12.2. The Morgan fingerprint density at radius 2 is 2.14 bits per heavy atom. The normalized spacial score (nSPS) is 11.8. The fourth-order valence-corrected chi connectivity index (χ4v) is 3.13. The highest BCUT2D eigenvalue weighted by Gasteiger charge is 2.15. The first-order valence-corrected chi connectivity index (χ1v) is 8.18. The van der Waals surface area contributed by atoms with E-state index in [4.69, 9.17) is 5.73 Å². The number of aryl methyl sites for hydroxylation is 2. The Hall–Kier alpha value is -1.70. The minimum absolute atomic E-state index is 0.244. The molecule has 0 aliphatic carbocycles. The van der Waals surface area contributed by atoms with Gasteiger partial charge in [-0.3, -0.25) is 0 Å². The summed E-state index contributed by atoms with van der Waals surface area (Å²) in [5, 5.41) is 0. The van der Waals surface area contributed by atoms with Crippen molar-refractivity contribution in [2.24, 2.45) is 12.8 Å². The molecule has 0 unspecified atom stereocenters. The number of rotatable bonds is 6. The van der Waals surface area contributed by atoms with Gasteiger partial charge in [0, 0.05) is 39.0 Å².